The van der Waals surface area contributed by atoms with Gasteiger partial charge in [0, 0.05) is 32.2 Å². The van der Waals surface area contributed by atoms with E-state index in [-0.39, 0.29) is 6.04 Å². The molecule has 1 atom stereocenters. The van der Waals surface area contributed by atoms with Crippen molar-refractivity contribution in [1.29, 1.82) is 0 Å². The first-order chi connectivity index (χ1) is 5.84. The Bertz CT molecular complexity index is 213. The number of hydrogen-bond acceptors (Lipinski definition) is 3. The average molecular weight is 166 g/mol. The minimum atomic E-state index is 0.0404. The molecule has 12 heavy (non-hydrogen) atoms. The molecule has 0 saturated carbocycles. The topological polar surface area (TPSA) is 48.1 Å². The van der Waals surface area contributed by atoms with Crippen LogP contribution in [0.5, 0.6) is 0 Å². The van der Waals surface area contributed by atoms with Gasteiger partial charge in [0.15, 0.2) is 0 Å². The molecular formula is C9H14N2O. The molecule has 1 aromatic heterocycles. The van der Waals surface area contributed by atoms with Gasteiger partial charge >= 0.3 is 0 Å². The molecule has 0 aliphatic carbocycles. The summed E-state index contributed by atoms with van der Waals surface area (Å²) >= 11 is 0. The lowest BCUT2D eigenvalue weighted by Gasteiger charge is -2.09. The summed E-state index contributed by atoms with van der Waals surface area (Å²) in [6, 6.07) is 3.91. The first-order valence-corrected chi connectivity index (χ1v) is 3.99. The number of nitrogens with two attached hydrogens (primary N) is 1. The second-order valence-electron chi connectivity index (χ2n) is 2.67. The van der Waals surface area contributed by atoms with Crippen LogP contribution in [-0.4, -0.2) is 18.7 Å². The van der Waals surface area contributed by atoms with Gasteiger partial charge < -0.3 is 10.5 Å². The van der Waals surface area contributed by atoms with E-state index in [4.69, 9.17) is 10.5 Å². The van der Waals surface area contributed by atoms with Crippen molar-refractivity contribution in [3.63, 3.8) is 0 Å². The Morgan fingerprint density at radius 2 is 2.50 bits per heavy atom. The van der Waals surface area contributed by atoms with Gasteiger partial charge in [-0.25, -0.2) is 0 Å². The molecule has 0 bridgehead atoms. The summed E-state index contributed by atoms with van der Waals surface area (Å²) in [6.07, 6.45) is 4.37. The molecule has 3 heteroatoms. The van der Waals surface area contributed by atoms with Gasteiger partial charge in [-0.2, -0.15) is 0 Å². The summed E-state index contributed by atoms with van der Waals surface area (Å²) in [6.45, 7) is 0.691. The van der Waals surface area contributed by atoms with Gasteiger partial charge in [-0.3, -0.25) is 4.98 Å². The highest BCUT2D eigenvalue weighted by molar-refractivity contribution is 5.12. The third-order valence-electron chi connectivity index (χ3n) is 1.75. The molecule has 1 aromatic rings. The van der Waals surface area contributed by atoms with Crippen molar-refractivity contribution in [2.24, 2.45) is 5.73 Å². The zero-order valence-corrected chi connectivity index (χ0v) is 7.23. The van der Waals surface area contributed by atoms with Gasteiger partial charge in [-0.15, -0.1) is 0 Å². The van der Waals surface area contributed by atoms with Crippen LogP contribution in [0.15, 0.2) is 24.5 Å². The standard InChI is InChI=1S/C9H14N2O/c1-12-6-4-9(10)8-3-2-5-11-7-8/h2-3,5,7,9H,4,6,10H2,1H3/t9-/m0/s1. The number of aromatic nitrogens is 1. The molecule has 2 N–H and O–H groups in total. The summed E-state index contributed by atoms with van der Waals surface area (Å²) in [5.74, 6) is 0. The van der Waals surface area contributed by atoms with E-state index in [0.29, 0.717) is 6.61 Å². The van der Waals surface area contributed by atoms with Crippen LogP contribution in [0.4, 0.5) is 0 Å². The maximum absolute atomic E-state index is 5.86. The first-order valence-electron chi connectivity index (χ1n) is 3.99. The molecule has 0 fully saturated rings. The Hall–Kier alpha value is -0.930. The molecule has 0 spiro atoms. The number of pyridine rings is 1. The fourth-order valence-corrected chi connectivity index (χ4v) is 1.01. The lowest BCUT2D eigenvalue weighted by molar-refractivity contribution is 0.188. The molecule has 0 unspecified atom stereocenters. The Kier molecular flexibility index (Phi) is 3.70. The summed E-state index contributed by atoms with van der Waals surface area (Å²) in [7, 11) is 1.68. The molecule has 1 heterocycles. The van der Waals surface area contributed by atoms with Crippen molar-refractivity contribution in [1.82, 2.24) is 4.98 Å². The van der Waals surface area contributed by atoms with Gasteiger partial charge in [-0.05, 0) is 18.1 Å². The zero-order valence-electron chi connectivity index (χ0n) is 7.23. The van der Waals surface area contributed by atoms with Crippen molar-refractivity contribution >= 4 is 0 Å². The minimum absolute atomic E-state index is 0.0404. The number of nitrogens with zero attached hydrogens (tertiary/aromatic N) is 1. The van der Waals surface area contributed by atoms with E-state index in [1.807, 2.05) is 12.1 Å². The van der Waals surface area contributed by atoms with E-state index >= 15 is 0 Å². The lowest BCUT2D eigenvalue weighted by atomic mass is 10.1. The molecule has 66 valence electrons. The van der Waals surface area contributed by atoms with Crippen molar-refractivity contribution in [2.75, 3.05) is 13.7 Å². The predicted molar refractivity (Wildman–Crippen MR) is 47.7 cm³/mol. The second-order valence-corrected chi connectivity index (χ2v) is 2.67. The van der Waals surface area contributed by atoms with Crippen LogP contribution in [0.25, 0.3) is 0 Å². The van der Waals surface area contributed by atoms with Crippen LogP contribution < -0.4 is 5.73 Å². The molecule has 0 aliphatic heterocycles. The molecule has 0 aliphatic rings. The fraction of sp³-hybridized carbons (Fsp3) is 0.444. The highest BCUT2D eigenvalue weighted by Crippen LogP contribution is 2.11. The average Bonchev–Trinajstić information content (AvgIpc) is 2.15. The maximum Gasteiger partial charge on any atom is 0.0480 e. The summed E-state index contributed by atoms with van der Waals surface area (Å²) in [5.41, 5.74) is 6.93. The number of hydrogen-bond donors (Lipinski definition) is 1. The van der Waals surface area contributed by atoms with Gasteiger partial charge in [0.1, 0.15) is 0 Å². The molecule has 3 nitrogen and oxygen atoms in total. The SMILES string of the molecule is COCC[C@H](N)c1cccnc1. The Labute approximate surface area is 72.6 Å². The van der Waals surface area contributed by atoms with Crippen molar-refractivity contribution in [3.05, 3.63) is 30.1 Å². The van der Waals surface area contributed by atoms with Gasteiger partial charge in [0.2, 0.25) is 0 Å². The first kappa shape index (κ1) is 9.16. The number of ether oxygens (including phenoxy) is 1. The molecule has 0 radical (unpaired) electrons. The van der Waals surface area contributed by atoms with Crippen molar-refractivity contribution in [2.45, 2.75) is 12.5 Å². The number of rotatable bonds is 4. The molecule has 0 aromatic carbocycles. The monoisotopic (exact) mass is 166 g/mol. The van der Waals surface area contributed by atoms with Crippen molar-refractivity contribution < 1.29 is 4.74 Å². The Morgan fingerprint density at radius 1 is 1.67 bits per heavy atom. The van der Waals surface area contributed by atoms with E-state index < -0.39 is 0 Å². The van der Waals surface area contributed by atoms with E-state index in [1.54, 1.807) is 19.5 Å². The van der Waals surface area contributed by atoms with Crippen LogP contribution >= 0.6 is 0 Å². The van der Waals surface area contributed by atoms with E-state index in [0.717, 1.165) is 12.0 Å². The minimum Gasteiger partial charge on any atom is -0.385 e. The Morgan fingerprint density at radius 3 is 3.08 bits per heavy atom. The van der Waals surface area contributed by atoms with E-state index in [1.165, 1.54) is 0 Å². The van der Waals surface area contributed by atoms with Crippen LogP contribution in [0.1, 0.15) is 18.0 Å². The predicted octanol–water partition coefficient (Wildman–Crippen LogP) is 1.12. The molecule has 1 rings (SSSR count). The van der Waals surface area contributed by atoms with E-state index in [2.05, 4.69) is 4.98 Å². The fourth-order valence-electron chi connectivity index (χ4n) is 1.01. The summed E-state index contributed by atoms with van der Waals surface area (Å²) in [4.78, 5) is 3.99. The summed E-state index contributed by atoms with van der Waals surface area (Å²) < 4.78 is 4.93. The summed E-state index contributed by atoms with van der Waals surface area (Å²) in [5, 5.41) is 0. The number of methoxy groups -OCH3 is 1. The molecule has 0 saturated heterocycles. The zero-order chi connectivity index (χ0) is 8.81. The van der Waals surface area contributed by atoms with Crippen LogP contribution in [0.3, 0.4) is 0 Å². The Balaban J connectivity index is 2.48. The third kappa shape index (κ3) is 2.60. The highest BCUT2D eigenvalue weighted by Gasteiger charge is 2.03. The van der Waals surface area contributed by atoms with Gasteiger partial charge in [0.25, 0.3) is 0 Å². The maximum atomic E-state index is 5.86. The largest absolute Gasteiger partial charge is 0.385 e. The van der Waals surface area contributed by atoms with Gasteiger partial charge in [0.05, 0.1) is 0 Å². The normalized spacial score (nSPS) is 12.8. The van der Waals surface area contributed by atoms with Gasteiger partial charge in [-0.1, -0.05) is 6.07 Å². The van der Waals surface area contributed by atoms with Crippen molar-refractivity contribution in [3.8, 4) is 0 Å². The third-order valence-corrected chi connectivity index (χ3v) is 1.75. The highest BCUT2D eigenvalue weighted by atomic mass is 16.5. The molecule has 0 amide bonds. The lowest BCUT2D eigenvalue weighted by Crippen LogP contribution is -2.12. The van der Waals surface area contributed by atoms with Crippen LogP contribution in [0.2, 0.25) is 0 Å². The van der Waals surface area contributed by atoms with Crippen LogP contribution in [-0.2, 0) is 4.74 Å². The molecular weight excluding hydrogens is 152 g/mol. The quantitative estimate of drug-likeness (QED) is 0.729. The van der Waals surface area contributed by atoms with Crippen LogP contribution in [0, 0.1) is 0 Å². The smallest absolute Gasteiger partial charge is 0.0480 e. The second kappa shape index (κ2) is 4.85. The van der Waals surface area contributed by atoms with E-state index in [9.17, 15) is 0 Å².